The van der Waals surface area contributed by atoms with Crippen molar-refractivity contribution in [3.63, 3.8) is 0 Å². The Morgan fingerprint density at radius 1 is 0.656 bits per heavy atom. The van der Waals surface area contributed by atoms with Crippen LogP contribution >= 0.6 is 0 Å². The van der Waals surface area contributed by atoms with Crippen LogP contribution in [0.1, 0.15) is 0 Å². The first-order valence-corrected chi connectivity index (χ1v) is 12.3. The molecule has 0 aliphatic rings. The number of carbonyl (C=O) groups is 2. The van der Waals surface area contributed by atoms with E-state index in [0.29, 0.717) is 0 Å². The molecule has 2 rings (SSSR count). The molecule has 0 fully saturated rings. The average molecular weight is 483 g/mol. The van der Waals surface area contributed by atoms with E-state index in [1.807, 2.05) is 0 Å². The minimum absolute atomic E-state index is 0.0834. The first-order chi connectivity index (χ1) is 15.2. The molecular weight excluding hydrogens is 460 g/mol. The van der Waals surface area contributed by atoms with Crippen LogP contribution in [0.4, 0.5) is 0 Å². The molecule has 2 aromatic rings. The highest BCUT2D eigenvalue weighted by Gasteiger charge is 2.13. The van der Waals surface area contributed by atoms with Gasteiger partial charge in [0.1, 0.15) is 13.2 Å². The van der Waals surface area contributed by atoms with Gasteiger partial charge in [-0.3, -0.25) is 0 Å². The van der Waals surface area contributed by atoms with Crippen LogP contribution in [0.3, 0.4) is 0 Å². The molecule has 0 unspecified atom stereocenters. The molecule has 12 heteroatoms. The van der Waals surface area contributed by atoms with Gasteiger partial charge in [0.15, 0.2) is 0 Å². The van der Waals surface area contributed by atoms with Crippen LogP contribution in [0.25, 0.3) is 0 Å². The number of nitrogens with one attached hydrogen (secondary N) is 2. The van der Waals surface area contributed by atoms with Crippen molar-refractivity contribution in [3.8, 4) is 0 Å². The summed E-state index contributed by atoms with van der Waals surface area (Å²) in [5.74, 6) is -1.74. The number of ether oxygens (including phenoxy) is 2. The van der Waals surface area contributed by atoms with Crippen LogP contribution in [0.15, 0.2) is 82.6 Å². The summed E-state index contributed by atoms with van der Waals surface area (Å²) >= 11 is 0. The zero-order chi connectivity index (χ0) is 23.5. The van der Waals surface area contributed by atoms with E-state index in [9.17, 15) is 26.4 Å². The Morgan fingerprint density at radius 2 is 1.00 bits per heavy atom. The van der Waals surface area contributed by atoms with Crippen LogP contribution in [-0.4, -0.2) is 55.1 Å². The lowest BCUT2D eigenvalue weighted by molar-refractivity contribution is -0.140. The van der Waals surface area contributed by atoms with Crippen LogP contribution in [0, 0.1) is 0 Å². The third-order valence-corrected chi connectivity index (χ3v) is 6.69. The van der Waals surface area contributed by atoms with E-state index in [2.05, 4.69) is 9.44 Å². The Bertz CT molecular complexity index is 1040. The molecule has 0 bridgehead atoms. The summed E-state index contributed by atoms with van der Waals surface area (Å²) < 4.78 is 62.1. The Labute approximate surface area is 186 Å². The maximum Gasteiger partial charge on any atom is 0.331 e. The van der Waals surface area contributed by atoms with Gasteiger partial charge in [-0.1, -0.05) is 36.4 Å². The topological polar surface area (TPSA) is 145 Å². The van der Waals surface area contributed by atoms with Gasteiger partial charge >= 0.3 is 11.9 Å². The van der Waals surface area contributed by atoms with Crippen molar-refractivity contribution in [1.82, 2.24) is 9.44 Å². The Kier molecular flexibility index (Phi) is 9.53. The first kappa shape index (κ1) is 25.2. The summed E-state index contributed by atoms with van der Waals surface area (Å²) in [6, 6.07) is 15.4. The molecule has 0 aromatic heterocycles. The van der Waals surface area contributed by atoms with Gasteiger partial charge in [0.25, 0.3) is 0 Å². The summed E-state index contributed by atoms with van der Waals surface area (Å²) in [7, 11) is -7.41. The standard InChI is InChI=1S/C20H22N2O8S2/c23-19(29-15-13-21-31(25,26)17-7-3-1-4-8-17)11-12-20(24)30-16-14-22-32(27,28)18-9-5-2-6-10-18/h1-12,21-22H,13-16H2/b12-11+. The van der Waals surface area contributed by atoms with Gasteiger partial charge in [0, 0.05) is 25.2 Å². The maximum absolute atomic E-state index is 12.0. The lowest BCUT2D eigenvalue weighted by atomic mass is 10.4. The molecule has 0 saturated carbocycles. The van der Waals surface area contributed by atoms with Crippen LogP contribution < -0.4 is 9.44 Å². The third kappa shape index (κ3) is 8.59. The van der Waals surface area contributed by atoms with E-state index in [4.69, 9.17) is 9.47 Å². The summed E-state index contributed by atoms with van der Waals surface area (Å²) in [5.41, 5.74) is 0. The van der Waals surface area contributed by atoms with E-state index in [0.717, 1.165) is 12.2 Å². The predicted molar refractivity (Wildman–Crippen MR) is 114 cm³/mol. The van der Waals surface area contributed by atoms with E-state index in [1.165, 1.54) is 24.3 Å². The van der Waals surface area contributed by atoms with Gasteiger partial charge in [-0.2, -0.15) is 0 Å². The number of hydrogen-bond acceptors (Lipinski definition) is 8. The monoisotopic (exact) mass is 482 g/mol. The van der Waals surface area contributed by atoms with Crippen molar-refractivity contribution in [3.05, 3.63) is 72.8 Å². The second kappa shape index (κ2) is 12.1. The largest absolute Gasteiger partial charge is 0.461 e. The van der Waals surface area contributed by atoms with Crippen LogP contribution in [0.2, 0.25) is 0 Å². The molecule has 0 aliphatic carbocycles. The number of rotatable bonds is 12. The molecule has 0 atom stereocenters. The number of esters is 2. The van der Waals surface area contributed by atoms with E-state index < -0.39 is 32.0 Å². The van der Waals surface area contributed by atoms with E-state index in [1.54, 1.807) is 36.4 Å². The van der Waals surface area contributed by atoms with Crippen molar-refractivity contribution >= 4 is 32.0 Å². The Morgan fingerprint density at radius 3 is 1.34 bits per heavy atom. The molecule has 32 heavy (non-hydrogen) atoms. The molecule has 0 radical (unpaired) electrons. The fraction of sp³-hybridized carbons (Fsp3) is 0.200. The molecule has 0 heterocycles. The minimum atomic E-state index is -3.71. The lowest BCUT2D eigenvalue weighted by Crippen LogP contribution is -2.28. The molecule has 0 aliphatic heterocycles. The van der Waals surface area contributed by atoms with Crippen molar-refractivity contribution in [2.45, 2.75) is 9.79 Å². The maximum atomic E-state index is 12.0. The van der Waals surface area contributed by atoms with Crippen molar-refractivity contribution in [1.29, 1.82) is 0 Å². The minimum Gasteiger partial charge on any atom is -0.461 e. The summed E-state index contributed by atoms with van der Waals surface area (Å²) in [6.45, 7) is -0.789. The fourth-order valence-corrected chi connectivity index (χ4v) is 4.32. The zero-order valence-corrected chi connectivity index (χ0v) is 18.5. The average Bonchev–Trinajstić information content (AvgIpc) is 2.79. The quantitative estimate of drug-likeness (QED) is 0.254. The fourth-order valence-electron chi connectivity index (χ4n) is 2.25. The predicted octanol–water partition coefficient (Wildman–Crippen LogP) is 0.586. The zero-order valence-electron chi connectivity index (χ0n) is 16.8. The SMILES string of the molecule is O=C(/C=C/C(=O)OCCNS(=O)(=O)c1ccccc1)OCCNS(=O)(=O)c1ccccc1. The molecular formula is C20H22N2O8S2. The summed E-state index contributed by atoms with van der Waals surface area (Å²) in [6.07, 6.45) is 1.64. The normalized spacial score (nSPS) is 11.9. The molecule has 0 amide bonds. The second-order valence-electron chi connectivity index (χ2n) is 6.09. The Balaban J connectivity index is 1.63. The van der Waals surface area contributed by atoms with Crippen LogP contribution in [0.5, 0.6) is 0 Å². The number of benzene rings is 2. The molecule has 2 aromatic carbocycles. The van der Waals surface area contributed by atoms with Gasteiger partial charge in [0.2, 0.25) is 20.0 Å². The summed E-state index contributed by atoms with van der Waals surface area (Å²) in [5, 5.41) is 0. The molecule has 10 nitrogen and oxygen atoms in total. The molecule has 0 spiro atoms. The highest BCUT2D eigenvalue weighted by Crippen LogP contribution is 2.07. The smallest absolute Gasteiger partial charge is 0.331 e. The van der Waals surface area contributed by atoms with Gasteiger partial charge < -0.3 is 9.47 Å². The highest BCUT2D eigenvalue weighted by molar-refractivity contribution is 7.89. The van der Waals surface area contributed by atoms with Gasteiger partial charge in [0.05, 0.1) is 9.79 Å². The Hall–Kier alpha value is -3.06. The van der Waals surface area contributed by atoms with Gasteiger partial charge in [-0.25, -0.2) is 35.9 Å². The van der Waals surface area contributed by atoms with Gasteiger partial charge in [-0.15, -0.1) is 0 Å². The van der Waals surface area contributed by atoms with Crippen LogP contribution in [-0.2, 0) is 39.1 Å². The van der Waals surface area contributed by atoms with E-state index in [-0.39, 0.29) is 36.1 Å². The lowest BCUT2D eigenvalue weighted by Gasteiger charge is -2.07. The first-order valence-electron chi connectivity index (χ1n) is 9.32. The van der Waals surface area contributed by atoms with Crippen molar-refractivity contribution < 1.29 is 35.9 Å². The van der Waals surface area contributed by atoms with Crippen molar-refractivity contribution in [2.24, 2.45) is 0 Å². The number of carbonyl (C=O) groups excluding carboxylic acids is 2. The number of hydrogen-bond donors (Lipinski definition) is 2. The third-order valence-electron chi connectivity index (χ3n) is 3.74. The highest BCUT2D eigenvalue weighted by atomic mass is 32.2. The van der Waals surface area contributed by atoms with E-state index >= 15 is 0 Å². The van der Waals surface area contributed by atoms with Gasteiger partial charge in [-0.05, 0) is 24.3 Å². The second-order valence-corrected chi connectivity index (χ2v) is 9.62. The molecule has 0 saturated heterocycles. The van der Waals surface area contributed by atoms with Crippen molar-refractivity contribution in [2.75, 3.05) is 26.3 Å². The summed E-state index contributed by atoms with van der Waals surface area (Å²) in [4.78, 5) is 23.3. The molecule has 172 valence electrons. The number of sulfonamides is 2. The molecule has 2 N–H and O–H groups in total.